The molecule has 0 saturated heterocycles. The van der Waals surface area contributed by atoms with Crippen LogP contribution < -0.4 is 10.1 Å². The molecule has 174 valence electrons. The Morgan fingerprint density at radius 3 is 1.81 bits per heavy atom. The maximum absolute atomic E-state index is 11.7. The highest BCUT2D eigenvalue weighted by molar-refractivity contribution is 5.74. The van der Waals surface area contributed by atoms with Crippen LogP contribution in [0.25, 0.3) is 0 Å². The highest BCUT2D eigenvalue weighted by Gasteiger charge is 2.33. The van der Waals surface area contributed by atoms with Crippen molar-refractivity contribution in [2.24, 2.45) is 0 Å². The minimum absolute atomic E-state index is 0.0168. The van der Waals surface area contributed by atoms with E-state index in [1.54, 1.807) is 7.11 Å². The summed E-state index contributed by atoms with van der Waals surface area (Å²) in [5.41, 5.74) is 0.425. The SMILES string of the molecule is COc1ccc(CCCCCCCCC(COC(C)=O)(COC(C)=O)NC(C)=O)cc1. The number of rotatable bonds is 15. The van der Waals surface area contributed by atoms with Crippen molar-refractivity contribution in [1.82, 2.24) is 5.32 Å². The number of ether oxygens (including phenoxy) is 3. The Bertz CT molecular complexity index is 668. The van der Waals surface area contributed by atoms with Gasteiger partial charge >= 0.3 is 11.9 Å². The zero-order valence-corrected chi connectivity index (χ0v) is 19.3. The van der Waals surface area contributed by atoms with Crippen LogP contribution in [0.3, 0.4) is 0 Å². The largest absolute Gasteiger partial charge is 0.497 e. The maximum atomic E-state index is 11.7. The molecule has 0 radical (unpaired) electrons. The molecule has 0 aliphatic rings. The second-order valence-electron chi connectivity index (χ2n) is 7.99. The summed E-state index contributed by atoms with van der Waals surface area (Å²) in [4.78, 5) is 34.3. The number of carbonyl (C=O) groups excluding carboxylic acids is 3. The van der Waals surface area contributed by atoms with E-state index in [1.807, 2.05) is 12.1 Å². The second kappa shape index (κ2) is 14.4. The molecule has 0 bridgehead atoms. The fraction of sp³-hybridized carbons (Fsp3) is 0.625. The fourth-order valence-corrected chi connectivity index (χ4v) is 3.47. The first-order valence-electron chi connectivity index (χ1n) is 10.9. The Kier molecular flexibility index (Phi) is 12.3. The van der Waals surface area contributed by atoms with Gasteiger partial charge < -0.3 is 19.5 Å². The number of methoxy groups -OCH3 is 1. The number of carbonyl (C=O) groups is 3. The van der Waals surface area contributed by atoms with Crippen molar-refractivity contribution in [1.29, 1.82) is 0 Å². The first-order valence-corrected chi connectivity index (χ1v) is 10.9. The molecule has 1 N–H and O–H groups in total. The van der Waals surface area contributed by atoms with Crippen molar-refractivity contribution >= 4 is 17.8 Å². The van der Waals surface area contributed by atoms with Crippen LogP contribution >= 0.6 is 0 Å². The Hall–Kier alpha value is -2.57. The molecule has 0 fully saturated rings. The molecule has 0 saturated carbocycles. The number of unbranched alkanes of at least 4 members (excludes halogenated alkanes) is 5. The first kappa shape index (κ1) is 26.5. The van der Waals surface area contributed by atoms with E-state index in [-0.39, 0.29) is 19.1 Å². The molecule has 0 aromatic heterocycles. The molecule has 1 amide bonds. The summed E-state index contributed by atoms with van der Waals surface area (Å²) in [6, 6.07) is 8.18. The number of hydrogen-bond donors (Lipinski definition) is 1. The first-order chi connectivity index (χ1) is 14.8. The molecule has 31 heavy (non-hydrogen) atoms. The average molecular weight is 436 g/mol. The van der Waals surface area contributed by atoms with Gasteiger partial charge in [-0.25, -0.2) is 0 Å². The molecule has 7 nitrogen and oxygen atoms in total. The Morgan fingerprint density at radius 1 is 0.806 bits per heavy atom. The number of esters is 2. The van der Waals surface area contributed by atoms with Crippen molar-refractivity contribution in [3.63, 3.8) is 0 Å². The van der Waals surface area contributed by atoms with E-state index in [2.05, 4.69) is 17.4 Å². The van der Waals surface area contributed by atoms with Gasteiger partial charge in [0.25, 0.3) is 0 Å². The van der Waals surface area contributed by atoms with E-state index in [0.717, 1.165) is 50.7 Å². The lowest BCUT2D eigenvalue weighted by Crippen LogP contribution is -2.55. The number of benzene rings is 1. The van der Waals surface area contributed by atoms with E-state index in [9.17, 15) is 14.4 Å². The molecule has 0 spiro atoms. The molecule has 1 aromatic rings. The molecular formula is C24H37NO6. The predicted octanol–water partition coefficient (Wildman–Crippen LogP) is 3.97. The average Bonchev–Trinajstić information content (AvgIpc) is 2.72. The van der Waals surface area contributed by atoms with E-state index >= 15 is 0 Å². The summed E-state index contributed by atoms with van der Waals surface area (Å²) in [5.74, 6) is -0.247. The number of hydrogen-bond acceptors (Lipinski definition) is 6. The van der Waals surface area contributed by atoms with Gasteiger partial charge in [0.05, 0.1) is 7.11 Å². The molecular weight excluding hydrogens is 398 g/mol. The van der Waals surface area contributed by atoms with Crippen LogP contribution in [0.2, 0.25) is 0 Å². The number of nitrogens with one attached hydrogen (secondary N) is 1. The second-order valence-corrected chi connectivity index (χ2v) is 7.99. The van der Waals surface area contributed by atoms with Crippen LogP contribution in [-0.4, -0.2) is 43.7 Å². The van der Waals surface area contributed by atoms with Gasteiger partial charge in [0, 0.05) is 20.8 Å². The summed E-state index contributed by atoms with van der Waals surface area (Å²) in [5, 5.41) is 2.84. The molecule has 0 heterocycles. The van der Waals surface area contributed by atoms with Crippen molar-refractivity contribution in [2.45, 2.75) is 77.7 Å². The van der Waals surface area contributed by atoms with Crippen LogP contribution in [0.15, 0.2) is 24.3 Å². The van der Waals surface area contributed by atoms with Gasteiger partial charge in [0.15, 0.2) is 0 Å². The smallest absolute Gasteiger partial charge is 0.302 e. The highest BCUT2D eigenvalue weighted by Crippen LogP contribution is 2.20. The topological polar surface area (TPSA) is 90.9 Å². The predicted molar refractivity (Wildman–Crippen MR) is 119 cm³/mol. The Balaban J connectivity index is 2.38. The van der Waals surface area contributed by atoms with E-state index in [4.69, 9.17) is 14.2 Å². The Labute approximate surface area is 185 Å². The van der Waals surface area contributed by atoms with Gasteiger partial charge in [-0.15, -0.1) is 0 Å². The standard InChI is InChI=1S/C24H37NO6/c1-19(26)25-24(17-30-20(2)27,18-31-21(3)28)16-10-8-6-5-7-9-11-22-12-14-23(29-4)15-13-22/h12-15H,5-11,16-18H2,1-4H3,(H,25,26). The molecule has 0 atom stereocenters. The molecule has 0 unspecified atom stereocenters. The van der Waals surface area contributed by atoms with Gasteiger partial charge in [0.2, 0.25) is 5.91 Å². The fourth-order valence-electron chi connectivity index (χ4n) is 3.47. The van der Waals surface area contributed by atoms with Gasteiger partial charge in [-0.3, -0.25) is 14.4 Å². The molecule has 0 aliphatic heterocycles. The summed E-state index contributed by atoms with van der Waals surface area (Å²) in [6.07, 6.45) is 7.96. The minimum Gasteiger partial charge on any atom is -0.497 e. The summed E-state index contributed by atoms with van der Waals surface area (Å²) < 4.78 is 15.5. The summed E-state index contributed by atoms with van der Waals surface area (Å²) in [7, 11) is 1.67. The minimum atomic E-state index is -0.891. The van der Waals surface area contributed by atoms with Crippen molar-refractivity contribution < 1.29 is 28.6 Å². The lowest BCUT2D eigenvalue weighted by Gasteiger charge is -2.33. The summed E-state index contributed by atoms with van der Waals surface area (Å²) >= 11 is 0. The van der Waals surface area contributed by atoms with E-state index < -0.39 is 17.5 Å². The Morgan fingerprint density at radius 2 is 1.32 bits per heavy atom. The number of aryl methyl sites for hydroxylation is 1. The third kappa shape index (κ3) is 12.0. The maximum Gasteiger partial charge on any atom is 0.302 e. The zero-order chi connectivity index (χ0) is 23.1. The van der Waals surface area contributed by atoms with E-state index in [0.29, 0.717) is 6.42 Å². The van der Waals surface area contributed by atoms with Crippen LogP contribution in [0.5, 0.6) is 5.75 Å². The van der Waals surface area contributed by atoms with Crippen LogP contribution in [0.1, 0.15) is 71.3 Å². The monoisotopic (exact) mass is 435 g/mol. The van der Waals surface area contributed by atoms with Crippen molar-refractivity contribution in [2.75, 3.05) is 20.3 Å². The molecule has 7 heteroatoms. The molecule has 0 aliphatic carbocycles. The van der Waals surface area contributed by atoms with Gasteiger partial charge in [-0.1, -0.05) is 44.2 Å². The molecule has 1 aromatic carbocycles. The van der Waals surface area contributed by atoms with Crippen LogP contribution in [0, 0.1) is 0 Å². The lowest BCUT2D eigenvalue weighted by molar-refractivity contribution is -0.150. The van der Waals surface area contributed by atoms with Crippen LogP contribution in [-0.2, 0) is 30.3 Å². The zero-order valence-electron chi connectivity index (χ0n) is 19.3. The van der Waals surface area contributed by atoms with Gasteiger partial charge in [-0.05, 0) is 37.0 Å². The van der Waals surface area contributed by atoms with Gasteiger partial charge in [-0.2, -0.15) is 0 Å². The van der Waals surface area contributed by atoms with E-state index in [1.165, 1.54) is 26.3 Å². The normalized spacial score (nSPS) is 11.0. The summed E-state index contributed by atoms with van der Waals surface area (Å²) in [6.45, 7) is 4.00. The van der Waals surface area contributed by atoms with Crippen molar-refractivity contribution in [3.05, 3.63) is 29.8 Å². The van der Waals surface area contributed by atoms with Crippen molar-refractivity contribution in [3.8, 4) is 5.75 Å². The number of amides is 1. The van der Waals surface area contributed by atoms with Crippen LogP contribution in [0.4, 0.5) is 0 Å². The van der Waals surface area contributed by atoms with Gasteiger partial charge in [0.1, 0.15) is 24.5 Å². The third-order valence-corrected chi connectivity index (χ3v) is 5.07. The molecule has 1 rings (SSSR count). The quantitative estimate of drug-likeness (QED) is 0.331. The highest BCUT2D eigenvalue weighted by atomic mass is 16.5. The lowest BCUT2D eigenvalue weighted by atomic mass is 9.92. The third-order valence-electron chi connectivity index (χ3n) is 5.07.